The van der Waals surface area contributed by atoms with Crippen molar-refractivity contribution in [3.05, 3.63) is 71.8 Å². The summed E-state index contributed by atoms with van der Waals surface area (Å²) >= 11 is 0. The summed E-state index contributed by atoms with van der Waals surface area (Å²) in [6.07, 6.45) is -0.190. The maximum atomic E-state index is 14.3. The number of nitrogens with zero attached hydrogens (tertiary/aromatic N) is 1. The number of amides is 7. The largest absolute Gasteiger partial charge is 0.465 e. The van der Waals surface area contributed by atoms with Crippen LogP contribution in [-0.2, 0) is 41.5 Å². The number of carboxylic acid groups (broad SMARTS) is 1. The van der Waals surface area contributed by atoms with Gasteiger partial charge in [0.2, 0.25) is 23.6 Å². The normalized spacial score (nSPS) is 15.0. The van der Waals surface area contributed by atoms with Crippen molar-refractivity contribution in [2.45, 2.75) is 122 Å². The topological polar surface area (TPSA) is 234 Å². The van der Waals surface area contributed by atoms with Gasteiger partial charge in [0, 0.05) is 38.5 Å². The van der Waals surface area contributed by atoms with Gasteiger partial charge < -0.3 is 51.4 Å². The summed E-state index contributed by atoms with van der Waals surface area (Å²) < 4.78 is 10.1. The fraction of sp³-hybridized carbons (Fsp3) is 0.558. The van der Waals surface area contributed by atoms with Gasteiger partial charge in [0.15, 0.2) is 0 Å². The highest BCUT2D eigenvalue weighted by Gasteiger charge is 2.34. The van der Waals surface area contributed by atoms with Crippen molar-refractivity contribution in [1.82, 2.24) is 36.8 Å². The van der Waals surface area contributed by atoms with Crippen LogP contribution in [0.3, 0.4) is 0 Å². The first-order valence-corrected chi connectivity index (χ1v) is 20.5. The third-order valence-electron chi connectivity index (χ3n) is 9.67. The lowest BCUT2D eigenvalue weighted by Gasteiger charge is -2.35. The molecule has 17 nitrogen and oxygen atoms in total. The first-order chi connectivity index (χ1) is 28.4. The predicted octanol–water partition coefficient (Wildman–Crippen LogP) is 3.65. The summed E-state index contributed by atoms with van der Waals surface area (Å²) in [5.74, 6) is -2.30. The Hall–Kier alpha value is -5.87. The van der Waals surface area contributed by atoms with Gasteiger partial charge in [-0.3, -0.25) is 19.2 Å². The van der Waals surface area contributed by atoms with E-state index in [1.807, 2.05) is 62.4 Å². The number of carbonyl (C=O) groups excluding carboxylic acids is 6. The molecule has 0 aromatic heterocycles. The molecule has 1 heterocycles. The number of rotatable bonds is 20. The summed E-state index contributed by atoms with van der Waals surface area (Å²) in [6, 6.07) is 13.5. The number of benzene rings is 2. The average molecular weight is 838 g/mol. The van der Waals surface area contributed by atoms with Gasteiger partial charge in [-0.15, -0.1) is 0 Å². The molecule has 7 amide bonds. The molecule has 1 aliphatic rings. The van der Waals surface area contributed by atoms with E-state index < -0.39 is 65.8 Å². The Morgan fingerprint density at radius 3 is 1.72 bits per heavy atom. The van der Waals surface area contributed by atoms with Crippen LogP contribution >= 0.6 is 0 Å². The van der Waals surface area contributed by atoms with E-state index in [0.717, 1.165) is 11.1 Å². The van der Waals surface area contributed by atoms with Crippen LogP contribution in [0.2, 0.25) is 0 Å². The maximum absolute atomic E-state index is 14.3. The number of carbonyl (C=O) groups is 7. The van der Waals surface area contributed by atoms with E-state index in [-0.39, 0.29) is 50.1 Å². The molecule has 2 aromatic rings. The molecule has 17 heteroatoms. The first kappa shape index (κ1) is 48.5. The van der Waals surface area contributed by atoms with E-state index >= 15 is 0 Å². The minimum atomic E-state index is -1.18. The average Bonchev–Trinajstić information content (AvgIpc) is 3.19. The first-order valence-electron chi connectivity index (χ1n) is 20.5. The molecule has 4 unspecified atom stereocenters. The minimum absolute atomic E-state index is 0.0607. The minimum Gasteiger partial charge on any atom is -0.465 e. The Kier molecular flexibility index (Phi) is 19.6. The molecule has 1 aliphatic heterocycles. The number of hydrogen-bond acceptors (Lipinski definition) is 9. The Balaban J connectivity index is 1.85. The van der Waals surface area contributed by atoms with Gasteiger partial charge in [0.1, 0.15) is 29.8 Å². The fourth-order valence-corrected chi connectivity index (χ4v) is 6.70. The predicted molar refractivity (Wildman–Crippen MR) is 224 cm³/mol. The Bertz CT molecular complexity index is 1710. The second-order valence-electron chi connectivity index (χ2n) is 16.4. The van der Waals surface area contributed by atoms with E-state index in [0.29, 0.717) is 38.8 Å². The molecule has 7 N–H and O–H groups in total. The molecule has 0 saturated carbocycles. The highest BCUT2D eigenvalue weighted by atomic mass is 16.6. The summed E-state index contributed by atoms with van der Waals surface area (Å²) in [7, 11) is 1.27. The molecule has 4 atom stereocenters. The van der Waals surface area contributed by atoms with Crippen LogP contribution in [0.25, 0.3) is 0 Å². The SMILES string of the molecule is COC(=O)NC1CCN(C(=O)C(CCCCNC(=O)O)NC(=O)C(CC(C)C)NC(=O)C(Cc2ccccc2)NC(=O)C(Cc2ccccc2)NC(=O)OC(C)(C)C)CC1. The zero-order chi connectivity index (χ0) is 44.2. The zero-order valence-electron chi connectivity index (χ0n) is 35.6. The fourth-order valence-electron chi connectivity index (χ4n) is 6.70. The molecule has 1 fully saturated rings. The van der Waals surface area contributed by atoms with Gasteiger partial charge in [-0.1, -0.05) is 74.5 Å². The molecule has 2 aromatic carbocycles. The van der Waals surface area contributed by atoms with E-state index in [1.54, 1.807) is 37.8 Å². The third kappa shape index (κ3) is 18.0. The number of likely N-dealkylation sites (tertiary alicyclic amines) is 1. The highest BCUT2D eigenvalue weighted by molar-refractivity contribution is 5.95. The molecule has 60 heavy (non-hydrogen) atoms. The molecule has 330 valence electrons. The molecular weight excluding hydrogens is 775 g/mol. The number of piperidine rings is 1. The van der Waals surface area contributed by atoms with Crippen molar-refractivity contribution >= 4 is 41.9 Å². The van der Waals surface area contributed by atoms with Crippen LogP contribution in [0.1, 0.15) is 84.3 Å². The smallest absolute Gasteiger partial charge is 0.408 e. The Morgan fingerprint density at radius 2 is 1.22 bits per heavy atom. The number of ether oxygens (including phenoxy) is 2. The number of hydrogen-bond donors (Lipinski definition) is 7. The molecule has 1 saturated heterocycles. The van der Waals surface area contributed by atoms with E-state index in [1.165, 1.54) is 7.11 Å². The van der Waals surface area contributed by atoms with Gasteiger partial charge in [-0.2, -0.15) is 0 Å². The van der Waals surface area contributed by atoms with Crippen LogP contribution in [0.4, 0.5) is 14.4 Å². The maximum Gasteiger partial charge on any atom is 0.408 e. The van der Waals surface area contributed by atoms with Crippen LogP contribution in [0.5, 0.6) is 0 Å². The van der Waals surface area contributed by atoms with Gasteiger partial charge >= 0.3 is 18.3 Å². The monoisotopic (exact) mass is 837 g/mol. The number of alkyl carbamates (subject to hydrolysis) is 2. The lowest BCUT2D eigenvalue weighted by molar-refractivity contribution is -0.139. The van der Waals surface area contributed by atoms with Crippen LogP contribution < -0.4 is 31.9 Å². The van der Waals surface area contributed by atoms with Crippen LogP contribution in [-0.4, -0.2) is 114 Å². The summed E-state index contributed by atoms with van der Waals surface area (Å²) in [5.41, 5.74) is 0.660. The van der Waals surface area contributed by atoms with Crippen molar-refractivity contribution in [1.29, 1.82) is 0 Å². The van der Waals surface area contributed by atoms with Crippen molar-refractivity contribution < 1.29 is 48.1 Å². The molecule has 0 aliphatic carbocycles. The molecule has 0 radical (unpaired) electrons. The molecule has 0 bridgehead atoms. The summed E-state index contributed by atoms with van der Waals surface area (Å²) in [4.78, 5) is 93.7. The second kappa shape index (κ2) is 24.3. The number of methoxy groups -OCH3 is 1. The zero-order valence-corrected chi connectivity index (χ0v) is 35.6. The van der Waals surface area contributed by atoms with Crippen LogP contribution in [0.15, 0.2) is 60.7 Å². The van der Waals surface area contributed by atoms with Crippen molar-refractivity contribution in [2.75, 3.05) is 26.7 Å². The summed E-state index contributed by atoms with van der Waals surface area (Å²) in [5, 5.41) is 25.2. The summed E-state index contributed by atoms with van der Waals surface area (Å²) in [6.45, 7) is 9.69. The molecular formula is C43H63N7O10. The van der Waals surface area contributed by atoms with Gasteiger partial charge in [0.05, 0.1) is 7.11 Å². The van der Waals surface area contributed by atoms with Gasteiger partial charge in [0.25, 0.3) is 0 Å². The molecule has 3 rings (SSSR count). The highest BCUT2D eigenvalue weighted by Crippen LogP contribution is 2.16. The lowest BCUT2D eigenvalue weighted by atomic mass is 9.99. The van der Waals surface area contributed by atoms with E-state index in [9.17, 15) is 33.6 Å². The van der Waals surface area contributed by atoms with Crippen molar-refractivity contribution in [3.63, 3.8) is 0 Å². The number of unbranched alkanes of at least 4 members (excludes halogenated alkanes) is 1. The van der Waals surface area contributed by atoms with Crippen molar-refractivity contribution in [2.24, 2.45) is 5.92 Å². The Morgan fingerprint density at radius 1 is 0.717 bits per heavy atom. The Labute approximate surface area is 352 Å². The van der Waals surface area contributed by atoms with E-state index in [4.69, 9.17) is 14.6 Å². The number of nitrogens with one attached hydrogen (secondary N) is 6. The van der Waals surface area contributed by atoms with Gasteiger partial charge in [-0.25, -0.2) is 14.4 Å². The van der Waals surface area contributed by atoms with Crippen molar-refractivity contribution in [3.8, 4) is 0 Å². The van der Waals surface area contributed by atoms with E-state index in [2.05, 4.69) is 31.9 Å². The second-order valence-corrected chi connectivity index (χ2v) is 16.4. The van der Waals surface area contributed by atoms with Crippen LogP contribution in [0, 0.1) is 5.92 Å². The quantitative estimate of drug-likeness (QED) is 0.0957. The third-order valence-corrected chi connectivity index (χ3v) is 9.67. The molecule has 0 spiro atoms. The van der Waals surface area contributed by atoms with Gasteiger partial charge in [-0.05, 0) is 76.3 Å². The lowest BCUT2D eigenvalue weighted by Crippen LogP contribution is -2.59. The standard InChI is InChI=1S/C43H63N7O10/c1-28(2)25-33(36(51)46-32(19-13-14-22-44-40(55)56)39(54)50-23-20-31(21-24-50)45-41(57)59-6)47-37(52)34(26-29-15-9-7-10-16-29)48-38(53)35(27-30-17-11-8-12-18-30)49-42(58)60-43(3,4)5/h7-12,15-18,28,31-35,44H,13-14,19-27H2,1-6H3,(H,45,57)(H,46,51)(H,47,52)(H,48,53)(H,49,58)(H,55,56).